The van der Waals surface area contributed by atoms with E-state index in [2.05, 4.69) is 10.3 Å². The number of hydrogen-bond donors (Lipinski definition) is 2. The van der Waals surface area contributed by atoms with Crippen LogP contribution < -0.4 is 10.1 Å². The van der Waals surface area contributed by atoms with E-state index in [0.29, 0.717) is 24.3 Å². The predicted octanol–water partition coefficient (Wildman–Crippen LogP) is 1.46. The van der Waals surface area contributed by atoms with Gasteiger partial charge in [-0.15, -0.1) is 0 Å². The number of rotatable bonds is 8. The number of pyridine rings is 1. The van der Waals surface area contributed by atoms with E-state index in [9.17, 15) is 9.59 Å². The van der Waals surface area contributed by atoms with Crippen LogP contribution in [0.5, 0.6) is 5.75 Å². The molecule has 1 rings (SSSR count). The van der Waals surface area contributed by atoms with Gasteiger partial charge in [0.25, 0.3) is 5.91 Å². The molecule has 0 bridgehead atoms. The van der Waals surface area contributed by atoms with Crippen LogP contribution in [0.4, 0.5) is 0 Å². The number of unbranched alkanes of at least 4 members (excludes halogenated alkanes) is 2. The molecule has 19 heavy (non-hydrogen) atoms. The number of aromatic nitrogens is 1. The molecule has 0 aliphatic rings. The third-order valence-electron chi connectivity index (χ3n) is 2.60. The van der Waals surface area contributed by atoms with Crippen molar-refractivity contribution in [3.63, 3.8) is 0 Å². The molecule has 2 N–H and O–H groups in total. The van der Waals surface area contributed by atoms with E-state index in [1.165, 1.54) is 19.5 Å². The highest BCUT2D eigenvalue weighted by Gasteiger charge is 2.10. The lowest BCUT2D eigenvalue weighted by atomic mass is 10.2. The summed E-state index contributed by atoms with van der Waals surface area (Å²) < 4.78 is 5.05. The Morgan fingerprint density at radius 2 is 2.16 bits per heavy atom. The van der Waals surface area contributed by atoms with Gasteiger partial charge in [-0.3, -0.25) is 14.6 Å². The van der Waals surface area contributed by atoms with Gasteiger partial charge in [0.2, 0.25) is 0 Å². The van der Waals surface area contributed by atoms with Crippen LogP contribution in [0.3, 0.4) is 0 Å². The number of ether oxygens (including phenoxy) is 1. The number of hydrogen-bond acceptors (Lipinski definition) is 4. The summed E-state index contributed by atoms with van der Waals surface area (Å²) in [6.07, 6.45) is 5.36. The molecule has 0 aromatic carbocycles. The van der Waals surface area contributed by atoms with Crippen LogP contribution in [0, 0.1) is 0 Å². The molecule has 0 radical (unpaired) electrons. The van der Waals surface area contributed by atoms with E-state index in [1.54, 1.807) is 6.07 Å². The maximum atomic E-state index is 11.9. The monoisotopic (exact) mass is 266 g/mol. The third kappa shape index (κ3) is 5.37. The molecule has 6 heteroatoms. The molecule has 0 unspecified atom stereocenters. The first kappa shape index (κ1) is 14.9. The molecule has 6 nitrogen and oxygen atoms in total. The van der Waals surface area contributed by atoms with Gasteiger partial charge in [0, 0.05) is 19.2 Å². The second-order valence-electron chi connectivity index (χ2n) is 4.04. The Morgan fingerprint density at radius 3 is 2.84 bits per heavy atom. The van der Waals surface area contributed by atoms with Crippen LogP contribution >= 0.6 is 0 Å². The summed E-state index contributed by atoms with van der Waals surface area (Å²) in [5.74, 6) is -0.561. The van der Waals surface area contributed by atoms with Crippen molar-refractivity contribution in [2.45, 2.75) is 25.7 Å². The highest BCUT2D eigenvalue weighted by molar-refractivity contribution is 5.96. The Bertz CT molecular complexity index is 434. The topological polar surface area (TPSA) is 88.5 Å². The second-order valence-corrected chi connectivity index (χ2v) is 4.04. The highest BCUT2D eigenvalue weighted by Crippen LogP contribution is 2.15. The lowest BCUT2D eigenvalue weighted by Gasteiger charge is -2.08. The number of carbonyl (C=O) groups excluding carboxylic acids is 1. The molecule has 0 aliphatic carbocycles. The van der Waals surface area contributed by atoms with Crippen molar-refractivity contribution in [3.05, 3.63) is 24.0 Å². The smallest absolute Gasteiger partial charge is 0.303 e. The SMILES string of the molecule is COc1cnccc1C(=O)NCCCCCC(=O)O. The third-order valence-corrected chi connectivity index (χ3v) is 2.60. The second kappa shape index (κ2) is 8.07. The minimum Gasteiger partial charge on any atom is -0.494 e. The van der Waals surface area contributed by atoms with Crippen molar-refractivity contribution in [1.82, 2.24) is 10.3 Å². The fourth-order valence-corrected chi connectivity index (χ4v) is 1.61. The molecule has 1 amide bonds. The zero-order chi connectivity index (χ0) is 14.1. The minimum atomic E-state index is -0.787. The van der Waals surface area contributed by atoms with Crippen LogP contribution in [0.15, 0.2) is 18.5 Å². The summed E-state index contributed by atoms with van der Waals surface area (Å²) >= 11 is 0. The predicted molar refractivity (Wildman–Crippen MR) is 69.2 cm³/mol. The summed E-state index contributed by atoms with van der Waals surface area (Å²) in [5, 5.41) is 11.2. The number of amides is 1. The number of nitrogens with one attached hydrogen (secondary N) is 1. The molecular formula is C13H18N2O4. The first-order chi connectivity index (χ1) is 9.15. The van der Waals surface area contributed by atoms with E-state index < -0.39 is 5.97 Å². The molecule has 0 saturated heterocycles. The summed E-state index contributed by atoms with van der Waals surface area (Å²) in [7, 11) is 1.49. The van der Waals surface area contributed by atoms with Gasteiger partial charge in [-0.1, -0.05) is 6.42 Å². The molecule has 0 aliphatic heterocycles. The van der Waals surface area contributed by atoms with Gasteiger partial charge in [0.1, 0.15) is 5.75 Å². The minimum absolute atomic E-state index is 0.173. The van der Waals surface area contributed by atoms with Crippen molar-refractivity contribution in [2.75, 3.05) is 13.7 Å². The Kier molecular flexibility index (Phi) is 6.35. The van der Waals surface area contributed by atoms with Gasteiger partial charge in [-0.05, 0) is 18.9 Å². The maximum Gasteiger partial charge on any atom is 0.303 e. The zero-order valence-corrected chi connectivity index (χ0v) is 10.9. The number of methoxy groups -OCH3 is 1. The summed E-state index contributed by atoms with van der Waals surface area (Å²) in [4.78, 5) is 26.0. The Labute approximate surface area is 111 Å². The summed E-state index contributed by atoms with van der Waals surface area (Å²) in [6, 6.07) is 1.60. The van der Waals surface area contributed by atoms with Gasteiger partial charge in [0.15, 0.2) is 0 Å². The van der Waals surface area contributed by atoms with Gasteiger partial charge in [-0.25, -0.2) is 0 Å². The zero-order valence-electron chi connectivity index (χ0n) is 10.9. The van der Waals surface area contributed by atoms with E-state index >= 15 is 0 Å². The Hall–Kier alpha value is -2.11. The maximum absolute atomic E-state index is 11.9. The average molecular weight is 266 g/mol. The van der Waals surface area contributed by atoms with Crippen molar-refractivity contribution in [3.8, 4) is 5.75 Å². The van der Waals surface area contributed by atoms with Gasteiger partial charge < -0.3 is 15.2 Å². The number of nitrogens with zero attached hydrogens (tertiary/aromatic N) is 1. The number of carboxylic acids is 1. The Balaban J connectivity index is 2.29. The molecule has 0 spiro atoms. The van der Waals surface area contributed by atoms with Gasteiger partial charge >= 0.3 is 5.97 Å². The van der Waals surface area contributed by atoms with Crippen LogP contribution in [0.25, 0.3) is 0 Å². The van der Waals surface area contributed by atoms with Crippen molar-refractivity contribution < 1.29 is 19.4 Å². The first-order valence-electron chi connectivity index (χ1n) is 6.13. The quantitative estimate of drug-likeness (QED) is 0.695. The molecule has 0 fully saturated rings. The number of carbonyl (C=O) groups is 2. The van der Waals surface area contributed by atoms with Crippen LogP contribution in [0.1, 0.15) is 36.0 Å². The lowest BCUT2D eigenvalue weighted by molar-refractivity contribution is -0.137. The number of aliphatic carboxylic acids is 1. The van der Waals surface area contributed by atoms with E-state index in [1.807, 2.05) is 0 Å². The molecule has 0 atom stereocenters. The Morgan fingerprint density at radius 1 is 1.37 bits per heavy atom. The van der Waals surface area contributed by atoms with Crippen LogP contribution in [0.2, 0.25) is 0 Å². The lowest BCUT2D eigenvalue weighted by Crippen LogP contribution is -2.25. The van der Waals surface area contributed by atoms with E-state index in [4.69, 9.17) is 9.84 Å². The number of carboxylic acid groups (broad SMARTS) is 1. The van der Waals surface area contributed by atoms with Crippen LogP contribution in [-0.4, -0.2) is 35.6 Å². The summed E-state index contributed by atoms with van der Waals surface area (Å²) in [6.45, 7) is 0.518. The largest absolute Gasteiger partial charge is 0.494 e. The normalized spacial score (nSPS) is 9.95. The van der Waals surface area contributed by atoms with Crippen LogP contribution in [-0.2, 0) is 4.79 Å². The molecule has 1 aromatic heterocycles. The molecule has 0 saturated carbocycles. The molecule has 104 valence electrons. The summed E-state index contributed by atoms with van der Waals surface area (Å²) in [5.41, 5.74) is 0.447. The van der Waals surface area contributed by atoms with Crippen molar-refractivity contribution in [2.24, 2.45) is 0 Å². The van der Waals surface area contributed by atoms with E-state index in [0.717, 1.165) is 12.8 Å². The first-order valence-corrected chi connectivity index (χ1v) is 6.13. The standard InChI is InChI=1S/C13H18N2O4/c1-19-11-9-14-8-6-10(11)13(18)15-7-4-2-3-5-12(16)17/h6,8-9H,2-5,7H2,1H3,(H,15,18)(H,16,17). The van der Waals surface area contributed by atoms with E-state index in [-0.39, 0.29) is 12.3 Å². The average Bonchev–Trinajstić information content (AvgIpc) is 2.42. The molecule has 1 aromatic rings. The highest BCUT2D eigenvalue weighted by atomic mass is 16.5. The van der Waals surface area contributed by atoms with Gasteiger partial charge in [0.05, 0.1) is 18.9 Å². The fourth-order valence-electron chi connectivity index (χ4n) is 1.61. The molecular weight excluding hydrogens is 248 g/mol. The van der Waals surface area contributed by atoms with Crippen molar-refractivity contribution in [1.29, 1.82) is 0 Å². The fraction of sp³-hybridized carbons (Fsp3) is 0.462. The van der Waals surface area contributed by atoms with Crippen molar-refractivity contribution >= 4 is 11.9 Å². The van der Waals surface area contributed by atoms with Gasteiger partial charge in [-0.2, -0.15) is 0 Å². The molecule has 1 heterocycles.